The van der Waals surface area contributed by atoms with Crippen LogP contribution in [0, 0.1) is 10.1 Å². The number of nitro groups is 1. The summed E-state index contributed by atoms with van der Waals surface area (Å²) < 4.78 is 5.12. The Morgan fingerprint density at radius 3 is 2.91 bits per heavy atom. The van der Waals surface area contributed by atoms with Crippen molar-refractivity contribution in [3.63, 3.8) is 0 Å². The minimum absolute atomic E-state index is 0.0699. The molecule has 1 heterocycles. The number of hydrogen-bond acceptors (Lipinski definition) is 5. The highest BCUT2D eigenvalue weighted by atomic mass is 16.6. The SMILES string of the molecule is COc1cc([N+](=O)[O-])ccc1NC(=O)CN1CCCC[C@@H]1C. The number of carbonyl (C=O) groups is 1. The van der Waals surface area contributed by atoms with Crippen LogP contribution in [0.4, 0.5) is 11.4 Å². The lowest BCUT2D eigenvalue weighted by atomic mass is 10.0. The van der Waals surface area contributed by atoms with Gasteiger partial charge < -0.3 is 10.1 Å². The molecule has 7 nitrogen and oxygen atoms in total. The molecule has 0 saturated carbocycles. The molecule has 1 amide bonds. The number of benzene rings is 1. The molecule has 1 fully saturated rings. The van der Waals surface area contributed by atoms with Crippen molar-refractivity contribution in [2.75, 3.05) is 25.5 Å². The van der Waals surface area contributed by atoms with Gasteiger partial charge >= 0.3 is 0 Å². The summed E-state index contributed by atoms with van der Waals surface area (Å²) in [4.78, 5) is 24.6. The number of carbonyl (C=O) groups excluding carboxylic acids is 1. The van der Waals surface area contributed by atoms with Crippen LogP contribution >= 0.6 is 0 Å². The van der Waals surface area contributed by atoms with Gasteiger partial charge in [0.2, 0.25) is 5.91 Å². The number of non-ortho nitro benzene ring substituents is 1. The summed E-state index contributed by atoms with van der Waals surface area (Å²) in [5, 5.41) is 13.5. The maximum Gasteiger partial charge on any atom is 0.273 e. The molecule has 1 aromatic rings. The number of ether oxygens (including phenoxy) is 1. The molecular weight excluding hydrogens is 286 g/mol. The number of nitrogens with zero attached hydrogens (tertiary/aromatic N) is 2. The Kier molecular flexibility index (Phi) is 5.32. The standard InChI is InChI=1S/C15H21N3O4/c1-11-5-3-4-8-17(11)10-15(19)16-13-7-6-12(18(20)21)9-14(13)22-2/h6-7,9,11H,3-5,8,10H2,1-2H3,(H,16,19)/t11-/m0/s1. The number of hydrogen-bond donors (Lipinski definition) is 1. The number of nitrogens with one attached hydrogen (secondary N) is 1. The number of amides is 1. The molecule has 1 aromatic carbocycles. The van der Waals surface area contributed by atoms with Crippen LogP contribution in [0.1, 0.15) is 26.2 Å². The molecule has 0 aromatic heterocycles. The minimum atomic E-state index is -0.496. The van der Waals surface area contributed by atoms with Gasteiger partial charge in [0.05, 0.1) is 30.3 Å². The van der Waals surface area contributed by atoms with Gasteiger partial charge in [-0.1, -0.05) is 6.42 Å². The van der Waals surface area contributed by atoms with E-state index in [1.807, 2.05) is 0 Å². The predicted molar refractivity (Wildman–Crippen MR) is 83.2 cm³/mol. The average molecular weight is 307 g/mol. The summed E-state index contributed by atoms with van der Waals surface area (Å²) in [6, 6.07) is 4.55. The average Bonchev–Trinajstić information content (AvgIpc) is 2.49. The summed E-state index contributed by atoms with van der Waals surface area (Å²) >= 11 is 0. The maximum absolute atomic E-state index is 12.2. The predicted octanol–water partition coefficient (Wildman–Crippen LogP) is 2.42. The van der Waals surface area contributed by atoms with E-state index in [-0.39, 0.29) is 17.3 Å². The third-order valence-electron chi connectivity index (χ3n) is 3.96. The first kappa shape index (κ1) is 16.2. The van der Waals surface area contributed by atoms with Crippen molar-refractivity contribution in [1.82, 2.24) is 4.90 Å². The Hall–Kier alpha value is -2.15. The molecule has 1 saturated heterocycles. The van der Waals surface area contributed by atoms with Gasteiger partial charge in [-0.15, -0.1) is 0 Å². The minimum Gasteiger partial charge on any atom is -0.494 e. The number of anilines is 1. The van der Waals surface area contributed by atoms with Gasteiger partial charge in [-0.25, -0.2) is 0 Å². The molecule has 7 heteroatoms. The Labute approximate surface area is 129 Å². The number of likely N-dealkylation sites (tertiary alicyclic amines) is 1. The van der Waals surface area contributed by atoms with Crippen molar-refractivity contribution in [1.29, 1.82) is 0 Å². The third-order valence-corrected chi connectivity index (χ3v) is 3.96. The summed E-state index contributed by atoms with van der Waals surface area (Å²) in [5.41, 5.74) is 0.377. The second kappa shape index (κ2) is 7.22. The van der Waals surface area contributed by atoms with Gasteiger partial charge in [0.1, 0.15) is 5.75 Å². The number of piperidine rings is 1. The zero-order chi connectivity index (χ0) is 16.1. The Bertz CT molecular complexity index is 562. The summed E-state index contributed by atoms with van der Waals surface area (Å²) in [6.45, 7) is 3.37. The van der Waals surface area contributed by atoms with E-state index in [0.717, 1.165) is 19.4 Å². The van der Waals surface area contributed by atoms with Crippen molar-refractivity contribution >= 4 is 17.3 Å². The van der Waals surface area contributed by atoms with Crippen LogP contribution in [0.5, 0.6) is 5.75 Å². The lowest BCUT2D eigenvalue weighted by Crippen LogP contribution is -2.42. The highest BCUT2D eigenvalue weighted by molar-refractivity contribution is 5.94. The largest absolute Gasteiger partial charge is 0.494 e. The molecule has 0 bridgehead atoms. The number of nitro benzene ring substituents is 1. The maximum atomic E-state index is 12.2. The van der Waals surface area contributed by atoms with Gasteiger partial charge in [0.25, 0.3) is 5.69 Å². The van der Waals surface area contributed by atoms with Gasteiger partial charge in [0.15, 0.2) is 0 Å². The van der Waals surface area contributed by atoms with Gasteiger partial charge in [0, 0.05) is 12.1 Å². The Morgan fingerprint density at radius 1 is 1.50 bits per heavy atom. The quantitative estimate of drug-likeness (QED) is 0.667. The lowest BCUT2D eigenvalue weighted by molar-refractivity contribution is -0.384. The van der Waals surface area contributed by atoms with E-state index in [9.17, 15) is 14.9 Å². The smallest absolute Gasteiger partial charge is 0.273 e. The molecule has 1 N–H and O–H groups in total. The van der Waals surface area contributed by atoms with Gasteiger partial charge in [-0.2, -0.15) is 0 Å². The zero-order valence-electron chi connectivity index (χ0n) is 12.9. The highest BCUT2D eigenvalue weighted by Crippen LogP contribution is 2.29. The van der Waals surface area contributed by atoms with Crippen LogP contribution < -0.4 is 10.1 Å². The van der Waals surface area contributed by atoms with Crippen LogP contribution in [0.15, 0.2) is 18.2 Å². The van der Waals surface area contributed by atoms with Crippen LogP contribution in [0.2, 0.25) is 0 Å². The first-order valence-corrected chi connectivity index (χ1v) is 7.37. The van der Waals surface area contributed by atoms with E-state index in [1.165, 1.54) is 31.7 Å². The third kappa shape index (κ3) is 3.94. The molecular formula is C15H21N3O4. The molecule has 22 heavy (non-hydrogen) atoms. The zero-order valence-corrected chi connectivity index (χ0v) is 12.9. The second-order valence-corrected chi connectivity index (χ2v) is 5.51. The van der Waals surface area contributed by atoms with Crippen LogP contribution in [0.25, 0.3) is 0 Å². The van der Waals surface area contributed by atoms with Crippen molar-refractivity contribution in [3.05, 3.63) is 28.3 Å². The molecule has 0 radical (unpaired) electrons. The molecule has 1 aliphatic rings. The molecule has 0 spiro atoms. The number of methoxy groups -OCH3 is 1. The van der Waals surface area contributed by atoms with E-state index < -0.39 is 4.92 Å². The first-order chi connectivity index (χ1) is 10.5. The van der Waals surface area contributed by atoms with Crippen molar-refractivity contribution < 1.29 is 14.5 Å². The molecule has 120 valence electrons. The van der Waals surface area contributed by atoms with E-state index >= 15 is 0 Å². The van der Waals surface area contributed by atoms with Crippen molar-refractivity contribution in [2.45, 2.75) is 32.2 Å². The monoisotopic (exact) mass is 307 g/mol. The highest BCUT2D eigenvalue weighted by Gasteiger charge is 2.21. The fourth-order valence-corrected chi connectivity index (χ4v) is 2.66. The molecule has 2 rings (SSSR count). The van der Waals surface area contributed by atoms with Gasteiger partial charge in [-0.05, 0) is 32.4 Å². The van der Waals surface area contributed by atoms with E-state index in [4.69, 9.17) is 4.74 Å². The van der Waals surface area contributed by atoms with Crippen molar-refractivity contribution in [2.24, 2.45) is 0 Å². The van der Waals surface area contributed by atoms with Gasteiger partial charge in [-0.3, -0.25) is 19.8 Å². The summed E-state index contributed by atoms with van der Waals surface area (Å²) in [6.07, 6.45) is 3.42. The topological polar surface area (TPSA) is 84.7 Å². The van der Waals surface area contributed by atoms with Crippen LogP contribution in [-0.4, -0.2) is 42.0 Å². The van der Waals surface area contributed by atoms with E-state index in [2.05, 4.69) is 17.1 Å². The van der Waals surface area contributed by atoms with Crippen LogP contribution in [0.3, 0.4) is 0 Å². The summed E-state index contributed by atoms with van der Waals surface area (Å²) in [5.74, 6) is 0.148. The van der Waals surface area contributed by atoms with Crippen LogP contribution in [-0.2, 0) is 4.79 Å². The summed E-state index contributed by atoms with van der Waals surface area (Å²) in [7, 11) is 1.42. The molecule has 0 aliphatic carbocycles. The van der Waals surface area contributed by atoms with E-state index in [0.29, 0.717) is 18.3 Å². The Balaban J connectivity index is 2.03. The molecule has 0 unspecified atom stereocenters. The Morgan fingerprint density at radius 2 is 2.27 bits per heavy atom. The lowest BCUT2D eigenvalue weighted by Gasteiger charge is -2.32. The molecule has 1 atom stereocenters. The first-order valence-electron chi connectivity index (χ1n) is 7.37. The number of rotatable bonds is 5. The normalized spacial score (nSPS) is 18.7. The molecule has 1 aliphatic heterocycles. The van der Waals surface area contributed by atoms with E-state index in [1.54, 1.807) is 0 Å². The fourth-order valence-electron chi connectivity index (χ4n) is 2.66. The fraction of sp³-hybridized carbons (Fsp3) is 0.533. The van der Waals surface area contributed by atoms with Crippen molar-refractivity contribution in [3.8, 4) is 5.75 Å². The second-order valence-electron chi connectivity index (χ2n) is 5.51.